The molecule has 138 valence electrons. The van der Waals surface area contributed by atoms with Crippen LogP contribution in [0.3, 0.4) is 0 Å². The number of rotatable bonds is 4. The third kappa shape index (κ3) is 4.32. The first-order chi connectivity index (χ1) is 12.3. The van der Waals surface area contributed by atoms with E-state index in [2.05, 4.69) is 4.90 Å². The number of piperazine rings is 1. The molecule has 0 amide bonds. The summed E-state index contributed by atoms with van der Waals surface area (Å²) in [6.45, 7) is 3.66. The molecule has 2 aromatic carbocycles. The molecule has 1 heterocycles. The fourth-order valence-electron chi connectivity index (χ4n) is 3.19. The number of nitro benzene ring substituents is 1. The second-order valence-corrected chi connectivity index (χ2v) is 6.39. The van der Waals surface area contributed by atoms with Crippen molar-refractivity contribution in [1.82, 2.24) is 0 Å². The molecule has 1 aliphatic heterocycles. The van der Waals surface area contributed by atoms with Gasteiger partial charge in [0.15, 0.2) is 0 Å². The maximum absolute atomic E-state index is 12.8. The molecule has 0 radical (unpaired) electrons. The van der Waals surface area contributed by atoms with Crippen LogP contribution in [0.2, 0.25) is 0 Å². The Hall–Kier alpha value is -2.61. The summed E-state index contributed by atoms with van der Waals surface area (Å²) in [7, 11) is 0. The fourth-order valence-corrected chi connectivity index (χ4v) is 3.19. The number of alkyl halides is 3. The van der Waals surface area contributed by atoms with Gasteiger partial charge in [-0.1, -0.05) is 12.1 Å². The summed E-state index contributed by atoms with van der Waals surface area (Å²) in [5.74, 6) is 0. The van der Waals surface area contributed by atoms with Crippen LogP contribution >= 0.6 is 0 Å². The Morgan fingerprint density at radius 3 is 2.31 bits per heavy atom. The quantitative estimate of drug-likeness (QED) is 0.668. The van der Waals surface area contributed by atoms with E-state index in [9.17, 15) is 23.3 Å². The lowest BCUT2D eigenvalue weighted by atomic mass is 10.1. The number of anilines is 1. The smallest absolute Gasteiger partial charge is 0.360 e. The molecule has 3 rings (SSSR count). The highest BCUT2D eigenvalue weighted by atomic mass is 19.4. The zero-order chi connectivity index (χ0) is 18.7. The SMILES string of the molecule is O=[N+]([O-])c1ccc(N2CC[NH+](Cc3cccc(C(F)(F)F)c3)CC2)cc1. The topological polar surface area (TPSA) is 50.8 Å². The number of quaternary nitrogens is 1. The molecule has 1 aliphatic rings. The van der Waals surface area contributed by atoms with E-state index in [0.29, 0.717) is 12.1 Å². The van der Waals surface area contributed by atoms with Gasteiger partial charge in [0.05, 0.1) is 36.7 Å². The summed E-state index contributed by atoms with van der Waals surface area (Å²) in [4.78, 5) is 13.6. The molecule has 5 nitrogen and oxygen atoms in total. The number of hydrogen-bond donors (Lipinski definition) is 1. The van der Waals surface area contributed by atoms with Gasteiger partial charge in [-0.25, -0.2) is 0 Å². The van der Waals surface area contributed by atoms with E-state index in [4.69, 9.17) is 0 Å². The van der Waals surface area contributed by atoms with Crippen molar-refractivity contribution < 1.29 is 23.0 Å². The maximum Gasteiger partial charge on any atom is 0.416 e. The molecule has 0 aliphatic carbocycles. The number of hydrogen-bond acceptors (Lipinski definition) is 3. The lowest BCUT2D eigenvalue weighted by Gasteiger charge is -2.33. The van der Waals surface area contributed by atoms with Gasteiger partial charge in [0.2, 0.25) is 0 Å². The lowest BCUT2D eigenvalue weighted by Crippen LogP contribution is -3.13. The Labute approximate surface area is 148 Å². The fraction of sp³-hybridized carbons (Fsp3) is 0.333. The summed E-state index contributed by atoms with van der Waals surface area (Å²) in [5.41, 5.74) is 1.05. The van der Waals surface area contributed by atoms with Crippen LogP contribution in [0.25, 0.3) is 0 Å². The van der Waals surface area contributed by atoms with Crippen molar-refractivity contribution >= 4 is 11.4 Å². The van der Waals surface area contributed by atoms with E-state index >= 15 is 0 Å². The van der Waals surface area contributed by atoms with Crippen LogP contribution in [0.15, 0.2) is 48.5 Å². The zero-order valence-electron chi connectivity index (χ0n) is 14.0. The van der Waals surface area contributed by atoms with Gasteiger partial charge in [-0.15, -0.1) is 0 Å². The minimum atomic E-state index is -4.32. The second kappa shape index (κ2) is 7.33. The molecule has 2 aromatic rings. The Balaban J connectivity index is 1.58. The second-order valence-electron chi connectivity index (χ2n) is 6.39. The summed E-state index contributed by atoms with van der Waals surface area (Å²) in [5, 5.41) is 10.7. The summed E-state index contributed by atoms with van der Waals surface area (Å²) in [6.07, 6.45) is -4.32. The van der Waals surface area contributed by atoms with Crippen LogP contribution in [0, 0.1) is 10.1 Å². The van der Waals surface area contributed by atoms with Gasteiger partial charge in [-0.3, -0.25) is 10.1 Å². The number of nitro groups is 1. The molecule has 1 saturated heterocycles. The van der Waals surface area contributed by atoms with Crippen LogP contribution in [0.1, 0.15) is 11.1 Å². The first-order valence-electron chi connectivity index (χ1n) is 8.32. The van der Waals surface area contributed by atoms with E-state index in [-0.39, 0.29) is 5.69 Å². The van der Waals surface area contributed by atoms with Gasteiger partial charge < -0.3 is 9.80 Å². The summed E-state index contributed by atoms with van der Waals surface area (Å²) in [6, 6.07) is 11.9. The highest BCUT2D eigenvalue weighted by Crippen LogP contribution is 2.29. The number of non-ortho nitro benzene ring substituents is 1. The molecule has 8 heteroatoms. The van der Waals surface area contributed by atoms with E-state index in [1.165, 1.54) is 29.2 Å². The van der Waals surface area contributed by atoms with Gasteiger partial charge in [-0.05, 0) is 24.3 Å². The largest absolute Gasteiger partial charge is 0.416 e. The van der Waals surface area contributed by atoms with Gasteiger partial charge >= 0.3 is 6.18 Å². The van der Waals surface area contributed by atoms with Crippen LogP contribution in [-0.2, 0) is 12.7 Å². The first kappa shape index (κ1) is 18.2. The molecule has 0 saturated carbocycles. The molecule has 0 aromatic heterocycles. The summed E-state index contributed by atoms with van der Waals surface area (Å²) >= 11 is 0. The molecule has 1 N–H and O–H groups in total. The average molecular weight is 366 g/mol. The number of halogens is 3. The molecule has 0 spiro atoms. The number of nitrogens with zero attached hydrogens (tertiary/aromatic N) is 2. The third-order valence-electron chi connectivity index (χ3n) is 4.60. The van der Waals surface area contributed by atoms with Crippen molar-refractivity contribution in [3.63, 3.8) is 0 Å². The van der Waals surface area contributed by atoms with Crippen molar-refractivity contribution in [3.8, 4) is 0 Å². The predicted octanol–water partition coefficient (Wildman–Crippen LogP) is 2.52. The highest BCUT2D eigenvalue weighted by molar-refractivity contribution is 5.51. The Morgan fingerprint density at radius 1 is 1.08 bits per heavy atom. The van der Waals surface area contributed by atoms with E-state index in [1.807, 2.05) is 0 Å². The monoisotopic (exact) mass is 366 g/mol. The van der Waals surface area contributed by atoms with E-state index in [1.54, 1.807) is 18.2 Å². The van der Waals surface area contributed by atoms with Crippen molar-refractivity contribution in [2.75, 3.05) is 31.1 Å². The molecule has 0 unspecified atom stereocenters. The highest BCUT2D eigenvalue weighted by Gasteiger charge is 2.30. The van der Waals surface area contributed by atoms with Crippen LogP contribution in [0.5, 0.6) is 0 Å². The van der Waals surface area contributed by atoms with Gasteiger partial charge in [0, 0.05) is 23.4 Å². The molecule has 1 fully saturated rings. The van der Waals surface area contributed by atoms with Gasteiger partial charge in [-0.2, -0.15) is 13.2 Å². The predicted molar refractivity (Wildman–Crippen MR) is 91.2 cm³/mol. The standard InChI is InChI=1S/C18H18F3N3O2/c19-18(20,21)15-3-1-2-14(12-15)13-22-8-10-23(11-9-22)16-4-6-17(7-5-16)24(25)26/h1-7,12H,8-11,13H2/p+1. The minimum Gasteiger partial charge on any atom is -0.360 e. The number of nitrogens with one attached hydrogen (secondary N) is 1. The first-order valence-corrected chi connectivity index (χ1v) is 8.32. The zero-order valence-corrected chi connectivity index (χ0v) is 14.0. The third-order valence-corrected chi connectivity index (χ3v) is 4.60. The Kier molecular flexibility index (Phi) is 5.13. The van der Waals surface area contributed by atoms with Crippen molar-refractivity contribution in [2.24, 2.45) is 0 Å². The molecule has 0 atom stereocenters. The molecular formula is C18H19F3N3O2+. The normalized spacial score (nSPS) is 15.9. The summed E-state index contributed by atoms with van der Waals surface area (Å²) < 4.78 is 38.4. The maximum atomic E-state index is 12.8. The van der Waals surface area contributed by atoms with Crippen LogP contribution in [-0.4, -0.2) is 31.1 Å². The average Bonchev–Trinajstić information content (AvgIpc) is 2.62. The van der Waals surface area contributed by atoms with E-state index in [0.717, 1.165) is 37.9 Å². The molecular weight excluding hydrogens is 347 g/mol. The number of benzene rings is 2. The van der Waals surface area contributed by atoms with E-state index < -0.39 is 16.7 Å². The van der Waals surface area contributed by atoms with Crippen molar-refractivity contribution in [1.29, 1.82) is 0 Å². The van der Waals surface area contributed by atoms with Crippen molar-refractivity contribution in [3.05, 3.63) is 69.8 Å². The van der Waals surface area contributed by atoms with Crippen LogP contribution < -0.4 is 9.80 Å². The van der Waals surface area contributed by atoms with Crippen molar-refractivity contribution in [2.45, 2.75) is 12.7 Å². The molecule has 26 heavy (non-hydrogen) atoms. The van der Waals surface area contributed by atoms with Crippen LogP contribution in [0.4, 0.5) is 24.5 Å². The Bertz CT molecular complexity index is 770. The Morgan fingerprint density at radius 2 is 1.73 bits per heavy atom. The lowest BCUT2D eigenvalue weighted by molar-refractivity contribution is -0.914. The minimum absolute atomic E-state index is 0.0579. The molecule has 0 bridgehead atoms. The van der Waals surface area contributed by atoms with Gasteiger partial charge in [0.25, 0.3) is 5.69 Å². The van der Waals surface area contributed by atoms with Gasteiger partial charge in [0.1, 0.15) is 6.54 Å².